The summed E-state index contributed by atoms with van der Waals surface area (Å²) < 4.78 is 0. The van der Waals surface area contributed by atoms with Gasteiger partial charge in [-0.2, -0.15) is 0 Å². The normalized spacial score (nSPS) is 19.2. The Morgan fingerprint density at radius 1 is 1.08 bits per heavy atom. The lowest BCUT2D eigenvalue weighted by molar-refractivity contribution is -0.298. The number of hydroxylamine groups is 2. The van der Waals surface area contributed by atoms with Gasteiger partial charge in [-0.3, -0.25) is 4.84 Å². The highest BCUT2D eigenvalue weighted by Gasteiger charge is 2.17. The van der Waals surface area contributed by atoms with Crippen LogP contribution < -0.4 is 0 Å². The van der Waals surface area contributed by atoms with Gasteiger partial charge in [0.05, 0.1) is 12.7 Å². The van der Waals surface area contributed by atoms with Crippen LogP contribution in [0.4, 0.5) is 0 Å². The maximum atomic E-state index is 9.05. The Kier molecular flexibility index (Phi) is 5.36. The minimum atomic E-state index is -0.899. The predicted octanol–water partition coefficient (Wildman–Crippen LogP) is -0.723. The lowest BCUT2D eigenvalue weighted by Gasteiger charge is -2.27. The average Bonchev–Trinajstić information content (AvgIpc) is 1.84. The van der Waals surface area contributed by atoms with Crippen LogP contribution in [0.15, 0.2) is 0 Å². The number of aliphatic hydroxyl groups is 3. The molecule has 0 aromatic heterocycles. The molecule has 0 spiro atoms. The summed E-state index contributed by atoms with van der Waals surface area (Å²) in [5.41, 5.74) is 0. The van der Waals surface area contributed by atoms with Crippen LogP contribution in [-0.4, -0.2) is 45.5 Å². The van der Waals surface area contributed by atoms with Gasteiger partial charge in [0.1, 0.15) is 12.5 Å². The first-order chi connectivity index (χ1) is 5.45. The molecule has 3 atom stereocenters. The van der Waals surface area contributed by atoms with Gasteiger partial charge in [-0.1, -0.05) is 0 Å². The first-order valence-corrected chi connectivity index (χ1v) is 3.90. The van der Waals surface area contributed by atoms with Crippen LogP contribution in [0, 0.1) is 0 Å². The second-order valence-electron chi connectivity index (χ2n) is 2.77. The van der Waals surface area contributed by atoms with E-state index in [1.807, 2.05) is 0 Å². The van der Waals surface area contributed by atoms with Gasteiger partial charge in [0.25, 0.3) is 0 Å². The molecule has 12 heavy (non-hydrogen) atoms. The predicted molar refractivity (Wildman–Crippen MR) is 42.8 cm³/mol. The molecule has 0 amide bonds. The zero-order valence-electron chi connectivity index (χ0n) is 7.64. The van der Waals surface area contributed by atoms with Crippen LogP contribution in [0.5, 0.6) is 0 Å². The summed E-state index contributed by atoms with van der Waals surface area (Å²) in [6.45, 7) is 4.54. The fraction of sp³-hybridized carbons (Fsp3) is 1.00. The zero-order valence-corrected chi connectivity index (χ0v) is 7.64. The molecule has 0 aliphatic rings. The standard InChI is InChI=1S/C7H17NO4/c1-5(9)4-12-8(6(2)10)7(3)11/h5-7,9-11H,4H2,1-3H3. The lowest BCUT2D eigenvalue weighted by atomic mass is 10.4. The Morgan fingerprint density at radius 3 is 1.75 bits per heavy atom. The molecule has 5 nitrogen and oxygen atoms in total. The summed E-state index contributed by atoms with van der Waals surface area (Å²) in [6, 6.07) is 0. The number of hydrogen-bond acceptors (Lipinski definition) is 5. The van der Waals surface area contributed by atoms with Crippen LogP contribution in [0.1, 0.15) is 20.8 Å². The molecule has 0 aromatic carbocycles. The molecule has 0 rings (SSSR count). The van der Waals surface area contributed by atoms with Gasteiger partial charge in [0.15, 0.2) is 0 Å². The number of aliphatic hydroxyl groups excluding tert-OH is 3. The fourth-order valence-corrected chi connectivity index (χ4v) is 0.722. The van der Waals surface area contributed by atoms with E-state index in [9.17, 15) is 0 Å². The first kappa shape index (κ1) is 11.8. The fourth-order valence-electron chi connectivity index (χ4n) is 0.722. The van der Waals surface area contributed by atoms with Crippen molar-refractivity contribution in [2.75, 3.05) is 6.61 Å². The van der Waals surface area contributed by atoms with Gasteiger partial charge in [0, 0.05) is 0 Å². The van der Waals surface area contributed by atoms with Crippen molar-refractivity contribution in [3.05, 3.63) is 0 Å². The van der Waals surface area contributed by atoms with E-state index in [-0.39, 0.29) is 6.61 Å². The van der Waals surface area contributed by atoms with Crippen LogP contribution in [0.3, 0.4) is 0 Å². The van der Waals surface area contributed by atoms with Gasteiger partial charge < -0.3 is 15.3 Å². The molecule has 3 unspecified atom stereocenters. The summed E-state index contributed by atoms with van der Waals surface area (Å²) >= 11 is 0. The van der Waals surface area contributed by atoms with Crippen LogP contribution in [0.2, 0.25) is 0 Å². The minimum Gasteiger partial charge on any atom is -0.391 e. The van der Waals surface area contributed by atoms with Gasteiger partial charge in [-0.25, -0.2) is 0 Å². The van der Waals surface area contributed by atoms with Crippen molar-refractivity contribution in [3.63, 3.8) is 0 Å². The van der Waals surface area contributed by atoms with Crippen molar-refractivity contribution >= 4 is 0 Å². The third-order valence-electron chi connectivity index (χ3n) is 1.20. The van der Waals surface area contributed by atoms with Crippen molar-refractivity contribution in [2.24, 2.45) is 0 Å². The number of rotatable bonds is 5. The Bertz CT molecular complexity index is 108. The SMILES string of the molecule is CC(O)CON(C(C)O)C(C)O. The molecule has 0 aliphatic carbocycles. The van der Waals surface area contributed by atoms with E-state index in [4.69, 9.17) is 20.2 Å². The quantitative estimate of drug-likeness (QED) is 0.383. The summed E-state index contributed by atoms with van der Waals surface area (Å²) in [4.78, 5) is 4.91. The van der Waals surface area contributed by atoms with E-state index < -0.39 is 18.6 Å². The molecule has 3 N–H and O–H groups in total. The van der Waals surface area contributed by atoms with E-state index in [2.05, 4.69) is 0 Å². The molecular formula is C7H17NO4. The van der Waals surface area contributed by atoms with E-state index in [0.29, 0.717) is 0 Å². The smallest absolute Gasteiger partial charge is 0.130 e. The van der Waals surface area contributed by atoms with Gasteiger partial charge >= 0.3 is 0 Å². The van der Waals surface area contributed by atoms with Gasteiger partial charge in [0.2, 0.25) is 0 Å². The maximum absolute atomic E-state index is 9.05. The molecule has 0 fully saturated rings. The Hall–Kier alpha value is -0.200. The van der Waals surface area contributed by atoms with Gasteiger partial charge in [-0.05, 0) is 20.8 Å². The molecule has 0 heterocycles. The highest BCUT2D eigenvalue weighted by molar-refractivity contribution is 4.47. The summed E-state index contributed by atoms with van der Waals surface area (Å²) in [7, 11) is 0. The monoisotopic (exact) mass is 179 g/mol. The third kappa shape index (κ3) is 4.63. The summed E-state index contributed by atoms with van der Waals surface area (Å²) in [6.07, 6.45) is -2.42. The summed E-state index contributed by atoms with van der Waals surface area (Å²) in [5.74, 6) is 0. The number of nitrogens with zero attached hydrogens (tertiary/aromatic N) is 1. The molecule has 0 radical (unpaired) electrons. The molecule has 0 aromatic rings. The molecule has 74 valence electrons. The molecule has 0 saturated carbocycles. The Labute approximate surface area is 72.1 Å². The first-order valence-electron chi connectivity index (χ1n) is 3.90. The van der Waals surface area contributed by atoms with Crippen LogP contribution in [0.25, 0.3) is 0 Å². The van der Waals surface area contributed by atoms with E-state index >= 15 is 0 Å². The van der Waals surface area contributed by atoms with E-state index in [1.165, 1.54) is 13.8 Å². The van der Waals surface area contributed by atoms with Crippen molar-refractivity contribution in [2.45, 2.75) is 39.3 Å². The molecule has 0 bridgehead atoms. The van der Waals surface area contributed by atoms with Crippen molar-refractivity contribution < 1.29 is 20.2 Å². The molecule has 0 saturated heterocycles. The van der Waals surface area contributed by atoms with Crippen LogP contribution in [-0.2, 0) is 4.84 Å². The van der Waals surface area contributed by atoms with Crippen LogP contribution >= 0.6 is 0 Å². The zero-order chi connectivity index (χ0) is 9.72. The largest absolute Gasteiger partial charge is 0.391 e. The second-order valence-corrected chi connectivity index (χ2v) is 2.77. The van der Waals surface area contributed by atoms with Crippen molar-refractivity contribution in [1.29, 1.82) is 0 Å². The van der Waals surface area contributed by atoms with Crippen molar-refractivity contribution in [3.8, 4) is 0 Å². The van der Waals surface area contributed by atoms with Crippen molar-refractivity contribution in [1.82, 2.24) is 5.06 Å². The minimum absolute atomic E-state index is 0.0514. The van der Waals surface area contributed by atoms with E-state index in [1.54, 1.807) is 6.92 Å². The average molecular weight is 179 g/mol. The topological polar surface area (TPSA) is 73.2 Å². The maximum Gasteiger partial charge on any atom is 0.130 e. The highest BCUT2D eigenvalue weighted by atomic mass is 16.7. The second kappa shape index (κ2) is 5.45. The summed E-state index contributed by atoms with van der Waals surface area (Å²) in [5, 5.41) is 28.0. The highest BCUT2D eigenvalue weighted by Crippen LogP contribution is 2.02. The molecule has 0 aliphatic heterocycles. The molecule has 5 heteroatoms. The molecular weight excluding hydrogens is 162 g/mol. The number of hydrogen-bond donors (Lipinski definition) is 3. The third-order valence-corrected chi connectivity index (χ3v) is 1.20. The Morgan fingerprint density at radius 2 is 1.50 bits per heavy atom. The van der Waals surface area contributed by atoms with E-state index in [0.717, 1.165) is 5.06 Å². The Balaban J connectivity index is 3.80. The lowest BCUT2D eigenvalue weighted by Crippen LogP contribution is -2.41. The van der Waals surface area contributed by atoms with Gasteiger partial charge in [-0.15, -0.1) is 5.06 Å².